The first kappa shape index (κ1) is 23.4. The Kier molecular flexibility index (Phi) is 9.41. The molecule has 0 aromatic carbocycles. The summed E-state index contributed by atoms with van der Waals surface area (Å²) < 4.78 is 0. The zero-order valence-electron chi connectivity index (χ0n) is 17.2. The van der Waals surface area contributed by atoms with E-state index in [2.05, 4.69) is 21.3 Å². The molecule has 0 saturated carbocycles. The van der Waals surface area contributed by atoms with E-state index in [9.17, 15) is 19.2 Å². The molecule has 8 nitrogen and oxygen atoms in total. The summed E-state index contributed by atoms with van der Waals surface area (Å²) >= 11 is 0. The molecule has 0 radical (unpaired) electrons. The Morgan fingerprint density at radius 1 is 1.14 bits per heavy atom. The van der Waals surface area contributed by atoms with Gasteiger partial charge >= 0.3 is 0 Å². The summed E-state index contributed by atoms with van der Waals surface area (Å²) in [6, 6.07) is -1.98. The summed E-state index contributed by atoms with van der Waals surface area (Å²) in [4.78, 5) is 48.6. The highest BCUT2D eigenvalue weighted by Gasteiger charge is 2.28. The van der Waals surface area contributed by atoms with Crippen LogP contribution in [0.2, 0.25) is 0 Å². The van der Waals surface area contributed by atoms with Crippen LogP contribution >= 0.6 is 0 Å². The minimum absolute atomic E-state index is 0.0547. The van der Waals surface area contributed by atoms with Crippen LogP contribution in [0.5, 0.6) is 0 Å². The minimum Gasteiger partial charge on any atom is -0.352 e. The van der Waals surface area contributed by atoms with Crippen LogP contribution in [0.1, 0.15) is 41.0 Å². The summed E-state index contributed by atoms with van der Waals surface area (Å²) in [5, 5.41) is 10.9. The molecule has 0 aliphatic carbocycles. The van der Waals surface area contributed by atoms with E-state index in [-0.39, 0.29) is 35.6 Å². The quantitative estimate of drug-likeness (QED) is 0.507. The van der Waals surface area contributed by atoms with E-state index in [4.69, 9.17) is 0 Å². The number of nitrogens with one attached hydrogen (secondary N) is 4. The zero-order valence-corrected chi connectivity index (χ0v) is 17.2. The number of rotatable bonds is 5. The molecule has 8 heteroatoms. The molecule has 0 saturated heterocycles. The number of carbonyl (C=O) groups excluding carboxylic acids is 4. The van der Waals surface area contributed by atoms with Crippen molar-refractivity contribution in [3.05, 3.63) is 24.3 Å². The molecule has 0 fully saturated rings. The van der Waals surface area contributed by atoms with Crippen LogP contribution in [0.15, 0.2) is 24.3 Å². The molecule has 3 unspecified atom stereocenters. The van der Waals surface area contributed by atoms with E-state index in [0.29, 0.717) is 13.0 Å². The van der Waals surface area contributed by atoms with Crippen molar-refractivity contribution in [3.63, 3.8) is 0 Å². The highest BCUT2D eigenvalue weighted by Crippen LogP contribution is 2.07. The molecule has 1 heterocycles. The molecule has 0 spiro atoms. The molecule has 0 aromatic rings. The molecule has 1 aliphatic rings. The van der Waals surface area contributed by atoms with Crippen molar-refractivity contribution < 1.29 is 19.2 Å². The van der Waals surface area contributed by atoms with Gasteiger partial charge in [0.15, 0.2) is 0 Å². The molecule has 1 rings (SSSR count). The first-order chi connectivity index (χ1) is 13.1. The minimum atomic E-state index is -0.882. The third-order valence-electron chi connectivity index (χ3n) is 4.31. The predicted molar refractivity (Wildman–Crippen MR) is 107 cm³/mol. The second-order valence-corrected chi connectivity index (χ2v) is 7.55. The topological polar surface area (TPSA) is 116 Å². The normalized spacial score (nSPS) is 22.0. The lowest BCUT2D eigenvalue weighted by atomic mass is 10.0. The standard InChI is InChI=1S/C20H32N4O4/c1-12(2)15-9-10-17(26)21-11-7-6-8-16(19(27)23-15)24-20(28)18(13(3)4)22-14(5)25/h6,8-10,12-13,15-16,18H,7,11H2,1-5H3,(H,21,26)(H,22,25)(H,23,27)(H,24,28). The average Bonchev–Trinajstić information content (AvgIpc) is 2.59. The first-order valence-corrected chi connectivity index (χ1v) is 9.62. The number of amides is 4. The molecule has 0 bridgehead atoms. The summed E-state index contributed by atoms with van der Waals surface area (Å²) in [6.45, 7) is 9.26. The van der Waals surface area contributed by atoms with Crippen LogP contribution in [0, 0.1) is 11.8 Å². The van der Waals surface area contributed by atoms with Gasteiger partial charge in [0.1, 0.15) is 12.1 Å². The van der Waals surface area contributed by atoms with Gasteiger partial charge in [-0.15, -0.1) is 0 Å². The third-order valence-corrected chi connectivity index (χ3v) is 4.31. The molecule has 4 N–H and O–H groups in total. The fourth-order valence-electron chi connectivity index (χ4n) is 2.65. The molecule has 1 aliphatic heterocycles. The van der Waals surface area contributed by atoms with E-state index in [1.165, 1.54) is 13.0 Å². The predicted octanol–water partition coefficient (Wildman–Crippen LogP) is 0.405. The average molecular weight is 393 g/mol. The van der Waals surface area contributed by atoms with Gasteiger partial charge in [-0.3, -0.25) is 19.2 Å². The van der Waals surface area contributed by atoms with Gasteiger partial charge in [0.05, 0.1) is 0 Å². The van der Waals surface area contributed by atoms with E-state index in [1.54, 1.807) is 18.2 Å². The van der Waals surface area contributed by atoms with Crippen LogP contribution in [0.3, 0.4) is 0 Å². The fraction of sp³-hybridized carbons (Fsp3) is 0.600. The van der Waals surface area contributed by atoms with Gasteiger partial charge < -0.3 is 21.3 Å². The Bertz CT molecular complexity index is 640. The Morgan fingerprint density at radius 3 is 2.39 bits per heavy atom. The second kappa shape index (κ2) is 11.3. The summed E-state index contributed by atoms with van der Waals surface area (Å²) in [7, 11) is 0. The van der Waals surface area contributed by atoms with Crippen LogP contribution in [-0.2, 0) is 19.2 Å². The smallest absolute Gasteiger partial charge is 0.247 e. The maximum Gasteiger partial charge on any atom is 0.247 e. The van der Waals surface area contributed by atoms with E-state index >= 15 is 0 Å². The van der Waals surface area contributed by atoms with Gasteiger partial charge in [0, 0.05) is 25.6 Å². The fourth-order valence-corrected chi connectivity index (χ4v) is 2.65. The highest BCUT2D eigenvalue weighted by molar-refractivity contribution is 5.93. The molecule has 28 heavy (non-hydrogen) atoms. The monoisotopic (exact) mass is 392 g/mol. The molecule has 3 atom stereocenters. The summed E-state index contributed by atoms with van der Waals surface area (Å²) in [6.07, 6.45) is 6.93. The van der Waals surface area contributed by atoms with E-state index in [1.807, 2.05) is 27.7 Å². The van der Waals surface area contributed by atoms with Crippen molar-refractivity contribution in [1.82, 2.24) is 21.3 Å². The van der Waals surface area contributed by atoms with Gasteiger partial charge in [0.2, 0.25) is 23.6 Å². The lowest BCUT2D eigenvalue weighted by molar-refractivity contribution is -0.132. The van der Waals surface area contributed by atoms with Gasteiger partial charge in [-0.05, 0) is 18.3 Å². The maximum atomic E-state index is 12.8. The van der Waals surface area contributed by atoms with Crippen molar-refractivity contribution in [2.24, 2.45) is 11.8 Å². The molecule has 156 valence electrons. The molecular weight excluding hydrogens is 360 g/mol. The van der Waals surface area contributed by atoms with Crippen molar-refractivity contribution in [3.8, 4) is 0 Å². The van der Waals surface area contributed by atoms with Crippen LogP contribution < -0.4 is 21.3 Å². The lowest BCUT2D eigenvalue weighted by Crippen LogP contribution is -2.55. The summed E-state index contributed by atoms with van der Waals surface area (Å²) in [5.74, 6) is -1.41. The van der Waals surface area contributed by atoms with Gasteiger partial charge in [-0.2, -0.15) is 0 Å². The number of hydrogen-bond acceptors (Lipinski definition) is 4. The van der Waals surface area contributed by atoms with Crippen molar-refractivity contribution in [2.45, 2.75) is 59.2 Å². The zero-order chi connectivity index (χ0) is 21.3. The van der Waals surface area contributed by atoms with E-state index in [0.717, 1.165) is 0 Å². The second-order valence-electron chi connectivity index (χ2n) is 7.55. The molecule has 0 aromatic heterocycles. The van der Waals surface area contributed by atoms with Crippen molar-refractivity contribution >= 4 is 23.6 Å². The lowest BCUT2D eigenvalue weighted by Gasteiger charge is -2.26. The largest absolute Gasteiger partial charge is 0.352 e. The Balaban J connectivity index is 3.01. The van der Waals surface area contributed by atoms with Gasteiger partial charge in [0.25, 0.3) is 0 Å². The van der Waals surface area contributed by atoms with Crippen molar-refractivity contribution in [2.75, 3.05) is 6.54 Å². The number of carbonyl (C=O) groups is 4. The van der Waals surface area contributed by atoms with Gasteiger partial charge in [-0.1, -0.05) is 45.9 Å². The number of hydrogen-bond donors (Lipinski definition) is 4. The SMILES string of the molecule is CC(=O)NC(C(=O)NC1C=CCCNC(=O)C=CC(C(C)C)NC1=O)C(C)C. The van der Waals surface area contributed by atoms with E-state index < -0.39 is 18.0 Å². The Labute approximate surface area is 166 Å². The third kappa shape index (κ3) is 7.94. The van der Waals surface area contributed by atoms with Crippen LogP contribution in [0.25, 0.3) is 0 Å². The van der Waals surface area contributed by atoms with Gasteiger partial charge in [-0.25, -0.2) is 0 Å². The summed E-state index contributed by atoms with van der Waals surface area (Å²) in [5.41, 5.74) is 0. The Morgan fingerprint density at radius 2 is 1.82 bits per heavy atom. The van der Waals surface area contributed by atoms with Crippen molar-refractivity contribution in [1.29, 1.82) is 0 Å². The van der Waals surface area contributed by atoms with Crippen LogP contribution in [-0.4, -0.2) is 48.3 Å². The Hall–Kier alpha value is -2.64. The highest BCUT2D eigenvalue weighted by atomic mass is 16.2. The van der Waals surface area contributed by atoms with Crippen LogP contribution in [0.4, 0.5) is 0 Å². The maximum absolute atomic E-state index is 12.8. The first-order valence-electron chi connectivity index (χ1n) is 9.62. The molecular formula is C20H32N4O4. The molecule has 4 amide bonds.